The molecule has 3 heterocycles. The highest BCUT2D eigenvalue weighted by atomic mass is 16.2. The second kappa shape index (κ2) is 7.65. The number of hydrogen-bond donors (Lipinski definition) is 2. The van der Waals surface area contributed by atoms with E-state index in [1.54, 1.807) is 6.20 Å². The maximum absolute atomic E-state index is 12.3. The summed E-state index contributed by atoms with van der Waals surface area (Å²) in [4.78, 5) is 28.1. The molecule has 0 aromatic carbocycles. The van der Waals surface area contributed by atoms with Crippen LogP contribution in [0.4, 0.5) is 10.6 Å². The number of aromatic nitrogens is 2. The Bertz CT molecular complexity index is 579. The average molecular weight is 334 g/mol. The van der Waals surface area contributed by atoms with Crippen molar-refractivity contribution in [3.8, 4) is 0 Å². The highest BCUT2D eigenvalue weighted by Crippen LogP contribution is 2.18. The molecule has 2 saturated heterocycles. The maximum Gasteiger partial charge on any atom is 0.317 e. The van der Waals surface area contributed by atoms with Crippen molar-refractivity contribution < 1.29 is 9.59 Å². The zero-order valence-electron chi connectivity index (χ0n) is 14.2. The number of rotatable bonds is 6. The fourth-order valence-electron chi connectivity index (χ4n) is 3.44. The number of hydrogen-bond acceptors (Lipinski definition) is 4. The van der Waals surface area contributed by atoms with E-state index in [2.05, 4.69) is 27.6 Å². The molecule has 0 unspecified atom stereocenters. The first kappa shape index (κ1) is 16.8. The first-order valence-electron chi connectivity index (χ1n) is 8.76. The number of aryl methyl sites for hydroxylation is 1. The van der Waals surface area contributed by atoms with Gasteiger partial charge in [0.2, 0.25) is 5.91 Å². The van der Waals surface area contributed by atoms with Crippen LogP contribution in [0.3, 0.4) is 0 Å². The van der Waals surface area contributed by atoms with E-state index in [0.717, 1.165) is 57.8 Å². The fourth-order valence-corrected chi connectivity index (χ4v) is 3.44. The van der Waals surface area contributed by atoms with Crippen LogP contribution >= 0.6 is 0 Å². The normalized spacial score (nSPS) is 19.5. The monoisotopic (exact) mass is 334 g/mol. The number of piperidine rings is 1. The van der Waals surface area contributed by atoms with Crippen molar-refractivity contribution in [2.45, 2.75) is 38.8 Å². The van der Waals surface area contributed by atoms with Gasteiger partial charge in [0, 0.05) is 44.8 Å². The Balaban J connectivity index is 1.44. The van der Waals surface area contributed by atoms with E-state index in [4.69, 9.17) is 0 Å². The van der Waals surface area contributed by atoms with E-state index in [1.165, 1.54) is 0 Å². The molecule has 2 aliphatic heterocycles. The summed E-state index contributed by atoms with van der Waals surface area (Å²) in [7, 11) is 0. The summed E-state index contributed by atoms with van der Waals surface area (Å²) in [6.45, 7) is 6.49. The molecule has 0 bridgehead atoms. The van der Waals surface area contributed by atoms with Crippen LogP contribution in [-0.2, 0) is 11.3 Å². The van der Waals surface area contributed by atoms with Gasteiger partial charge in [0.05, 0.1) is 12.7 Å². The van der Waals surface area contributed by atoms with Crippen molar-refractivity contribution in [2.75, 3.05) is 38.0 Å². The van der Waals surface area contributed by atoms with E-state index in [9.17, 15) is 9.59 Å². The molecule has 8 heteroatoms. The molecular formula is C16H26N6O2. The largest absolute Gasteiger partial charge is 0.336 e. The molecule has 2 N–H and O–H groups in total. The van der Waals surface area contributed by atoms with Gasteiger partial charge < -0.3 is 15.5 Å². The fraction of sp³-hybridized carbons (Fsp3) is 0.688. The Kier molecular flexibility index (Phi) is 5.34. The van der Waals surface area contributed by atoms with E-state index >= 15 is 0 Å². The summed E-state index contributed by atoms with van der Waals surface area (Å²) in [5.74, 6) is 0.746. The molecule has 1 aromatic rings. The molecule has 3 amide bonds. The van der Waals surface area contributed by atoms with Gasteiger partial charge in [0.1, 0.15) is 5.82 Å². The van der Waals surface area contributed by atoms with Crippen molar-refractivity contribution in [1.82, 2.24) is 24.9 Å². The Morgan fingerprint density at radius 3 is 2.83 bits per heavy atom. The lowest BCUT2D eigenvalue weighted by Crippen LogP contribution is -2.47. The number of nitrogens with zero attached hydrogens (tertiary/aromatic N) is 4. The van der Waals surface area contributed by atoms with Crippen molar-refractivity contribution in [2.24, 2.45) is 0 Å². The van der Waals surface area contributed by atoms with Gasteiger partial charge in [-0.05, 0) is 19.3 Å². The van der Waals surface area contributed by atoms with Gasteiger partial charge in [-0.2, -0.15) is 5.10 Å². The molecule has 0 saturated carbocycles. The standard InChI is InChI=1S/C16H26N6O2/c1-2-8-22-14(3-6-18-22)19-15(23)12-20-9-4-13(5-10-20)21-11-7-17-16(21)24/h3,6,13H,2,4-5,7-12H2,1H3,(H,17,24)(H,19,23). The van der Waals surface area contributed by atoms with Gasteiger partial charge in [-0.3, -0.25) is 9.69 Å². The lowest BCUT2D eigenvalue weighted by atomic mass is 10.0. The topological polar surface area (TPSA) is 82.5 Å². The second-order valence-corrected chi connectivity index (χ2v) is 6.42. The molecular weight excluding hydrogens is 308 g/mol. The van der Waals surface area contributed by atoms with Gasteiger partial charge in [-0.15, -0.1) is 0 Å². The third-order valence-electron chi connectivity index (χ3n) is 4.67. The molecule has 0 radical (unpaired) electrons. The highest BCUT2D eigenvalue weighted by molar-refractivity contribution is 5.91. The Morgan fingerprint density at radius 2 is 2.17 bits per heavy atom. The number of amides is 3. The van der Waals surface area contributed by atoms with Crippen LogP contribution in [0.2, 0.25) is 0 Å². The third kappa shape index (κ3) is 3.87. The third-order valence-corrected chi connectivity index (χ3v) is 4.67. The van der Waals surface area contributed by atoms with Gasteiger partial charge in [-0.1, -0.05) is 6.92 Å². The molecule has 1 aromatic heterocycles. The molecule has 3 rings (SSSR count). The number of urea groups is 1. The number of likely N-dealkylation sites (tertiary alicyclic amines) is 1. The molecule has 2 aliphatic rings. The summed E-state index contributed by atoms with van der Waals surface area (Å²) < 4.78 is 1.82. The molecule has 0 spiro atoms. The summed E-state index contributed by atoms with van der Waals surface area (Å²) >= 11 is 0. The molecule has 24 heavy (non-hydrogen) atoms. The SMILES string of the molecule is CCCn1nccc1NC(=O)CN1CCC(N2CCNC2=O)CC1. The van der Waals surface area contributed by atoms with Crippen LogP contribution in [0.25, 0.3) is 0 Å². The van der Waals surface area contributed by atoms with Crippen LogP contribution in [0, 0.1) is 0 Å². The van der Waals surface area contributed by atoms with E-state index < -0.39 is 0 Å². The van der Waals surface area contributed by atoms with Crippen LogP contribution in [0.5, 0.6) is 0 Å². The molecule has 0 atom stereocenters. The number of carbonyl (C=O) groups is 2. The number of anilines is 1. The van der Waals surface area contributed by atoms with Crippen LogP contribution in [0.15, 0.2) is 12.3 Å². The lowest BCUT2D eigenvalue weighted by Gasteiger charge is -2.35. The second-order valence-electron chi connectivity index (χ2n) is 6.42. The van der Waals surface area contributed by atoms with Gasteiger partial charge in [0.25, 0.3) is 0 Å². The van der Waals surface area contributed by atoms with Gasteiger partial charge in [0.15, 0.2) is 0 Å². The summed E-state index contributed by atoms with van der Waals surface area (Å²) in [5.41, 5.74) is 0. The van der Waals surface area contributed by atoms with Gasteiger partial charge in [-0.25, -0.2) is 9.48 Å². The quantitative estimate of drug-likeness (QED) is 0.803. The maximum atomic E-state index is 12.3. The van der Waals surface area contributed by atoms with E-state index in [0.29, 0.717) is 12.6 Å². The lowest BCUT2D eigenvalue weighted by molar-refractivity contribution is -0.117. The van der Waals surface area contributed by atoms with Crippen molar-refractivity contribution in [1.29, 1.82) is 0 Å². The van der Waals surface area contributed by atoms with Crippen LogP contribution < -0.4 is 10.6 Å². The predicted octanol–water partition coefficient (Wildman–Crippen LogP) is 0.721. The smallest absolute Gasteiger partial charge is 0.317 e. The number of carbonyl (C=O) groups excluding carboxylic acids is 2. The minimum absolute atomic E-state index is 0.00906. The summed E-state index contributed by atoms with van der Waals surface area (Å²) in [6.07, 6.45) is 4.53. The first-order chi connectivity index (χ1) is 11.7. The molecule has 0 aliphatic carbocycles. The van der Waals surface area contributed by atoms with Crippen molar-refractivity contribution in [3.63, 3.8) is 0 Å². The summed E-state index contributed by atoms with van der Waals surface area (Å²) in [5, 5.41) is 10.0. The molecule has 2 fully saturated rings. The van der Waals surface area contributed by atoms with E-state index in [-0.39, 0.29) is 11.9 Å². The highest BCUT2D eigenvalue weighted by Gasteiger charge is 2.31. The van der Waals surface area contributed by atoms with Crippen molar-refractivity contribution >= 4 is 17.8 Å². The zero-order chi connectivity index (χ0) is 16.9. The summed E-state index contributed by atoms with van der Waals surface area (Å²) in [6, 6.07) is 2.18. The minimum Gasteiger partial charge on any atom is -0.336 e. The van der Waals surface area contributed by atoms with Crippen LogP contribution in [-0.4, -0.2) is 70.3 Å². The first-order valence-corrected chi connectivity index (χ1v) is 8.76. The average Bonchev–Trinajstić information content (AvgIpc) is 3.18. The predicted molar refractivity (Wildman–Crippen MR) is 90.7 cm³/mol. The minimum atomic E-state index is -0.00906. The Labute approximate surface area is 142 Å². The Hall–Kier alpha value is -2.09. The zero-order valence-corrected chi connectivity index (χ0v) is 14.2. The van der Waals surface area contributed by atoms with Gasteiger partial charge >= 0.3 is 6.03 Å². The van der Waals surface area contributed by atoms with E-state index in [1.807, 2.05) is 15.6 Å². The Morgan fingerprint density at radius 1 is 1.38 bits per heavy atom. The molecule has 8 nitrogen and oxygen atoms in total. The number of nitrogens with one attached hydrogen (secondary N) is 2. The molecule has 132 valence electrons. The van der Waals surface area contributed by atoms with Crippen molar-refractivity contribution in [3.05, 3.63) is 12.3 Å². The van der Waals surface area contributed by atoms with Crippen LogP contribution in [0.1, 0.15) is 26.2 Å².